The van der Waals surface area contributed by atoms with Crippen LogP contribution in [0.15, 0.2) is 43.1 Å². The van der Waals surface area contributed by atoms with E-state index in [1.54, 1.807) is 18.2 Å². The van der Waals surface area contributed by atoms with Gasteiger partial charge in [-0.05, 0) is 44.0 Å². The number of hydrogen-bond acceptors (Lipinski definition) is 4. The number of carbonyl (C=O) groups excluding carboxylic acids is 1. The Bertz CT molecular complexity index is 623. The number of nitrogens with one attached hydrogen (secondary N) is 1. The maximum absolute atomic E-state index is 11.7. The molecule has 98 valence electrons. The summed E-state index contributed by atoms with van der Waals surface area (Å²) in [7, 11) is 0. The standard InChI is InChI=1S/C11H6Br2ClN3O2/c12-8-4-6(19-9(8)13)5-16-17-11(18)7-2-1-3-15-10(7)14/h1-5H,(H,17,18). The smallest absolute Gasteiger partial charge is 0.274 e. The van der Waals surface area contributed by atoms with Crippen LogP contribution in [0, 0.1) is 0 Å². The second-order valence-electron chi connectivity index (χ2n) is 3.31. The summed E-state index contributed by atoms with van der Waals surface area (Å²) < 4.78 is 6.57. The fourth-order valence-electron chi connectivity index (χ4n) is 1.20. The number of nitrogens with zero attached hydrogens (tertiary/aromatic N) is 2. The van der Waals surface area contributed by atoms with Crippen LogP contribution in [0.3, 0.4) is 0 Å². The summed E-state index contributed by atoms with van der Waals surface area (Å²) in [5.41, 5.74) is 2.59. The first-order valence-corrected chi connectivity index (χ1v) is 6.93. The van der Waals surface area contributed by atoms with E-state index in [2.05, 4.69) is 47.4 Å². The van der Waals surface area contributed by atoms with Crippen LogP contribution in [-0.2, 0) is 0 Å². The fourth-order valence-corrected chi connectivity index (χ4v) is 2.01. The van der Waals surface area contributed by atoms with Gasteiger partial charge in [-0.15, -0.1) is 0 Å². The van der Waals surface area contributed by atoms with Gasteiger partial charge in [-0.3, -0.25) is 4.79 Å². The van der Waals surface area contributed by atoms with Gasteiger partial charge in [0, 0.05) is 12.3 Å². The normalized spacial score (nSPS) is 10.9. The zero-order valence-electron chi connectivity index (χ0n) is 9.23. The van der Waals surface area contributed by atoms with Crippen LogP contribution in [0.1, 0.15) is 16.1 Å². The first-order chi connectivity index (χ1) is 9.08. The first-order valence-electron chi connectivity index (χ1n) is 4.96. The summed E-state index contributed by atoms with van der Waals surface area (Å²) in [6.45, 7) is 0. The van der Waals surface area contributed by atoms with Gasteiger partial charge >= 0.3 is 0 Å². The van der Waals surface area contributed by atoms with Crippen molar-refractivity contribution < 1.29 is 9.21 Å². The number of aromatic nitrogens is 1. The number of pyridine rings is 1. The Morgan fingerprint density at radius 1 is 1.53 bits per heavy atom. The van der Waals surface area contributed by atoms with E-state index < -0.39 is 5.91 Å². The van der Waals surface area contributed by atoms with Crippen molar-refractivity contribution in [1.82, 2.24) is 10.4 Å². The Kier molecular flexibility index (Phi) is 4.73. The highest BCUT2D eigenvalue weighted by Crippen LogP contribution is 2.25. The van der Waals surface area contributed by atoms with Crippen molar-refractivity contribution in [2.75, 3.05) is 0 Å². The average Bonchev–Trinajstić information content (AvgIpc) is 2.69. The molecule has 0 aliphatic heterocycles. The molecule has 19 heavy (non-hydrogen) atoms. The molecule has 0 unspecified atom stereocenters. The number of hydrazone groups is 1. The maximum Gasteiger partial charge on any atom is 0.274 e. The molecule has 0 saturated heterocycles. The number of hydrogen-bond donors (Lipinski definition) is 1. The molecule has 0 aliphatic carbocycles. The van der Waals surface area contributed by atoms with Crippen molar-refractivity contribution in [1.29, 1.82) is 0 Å². The lowest BCUT2D eigenvalue weighted by Gasteiger charge is -2.00. The maximum atomic E-state index is 11.7. The summed E-state index contributed by atoms with van der Waals surface area (Å²) in [6.07, 6.45) is 2.87. The molecule has 0 radical (unpaired) electrons. The summed E-state index contributed by atoms with van der Waals surface area (Å²) in [4.78, 5) is 15.5. The van der Waals surface area contributed by atoms with Gasteiger partial charge in [0.2, 0.25) is 0 Å². The quantitative estimate of drug-likeness (QED) is 0.480. The van der Waals surface area contributed by atoms with Crippen LogP contribution in [0.2, 0.25) is 5.15 Å². The lowest BCUT2D eigenvalue weighted by atomic mass is 10.3. The highest BCUT2D eigenvalue weighted by Gasteiger charge is 2.09. The lowest BCUT2D eigenvalue weighted by molar-refractivity contribution is 0.0955. The van der Waals surface area contributed by atoms with Crippen LogP contribution in [-0.4, -0.2) is 17.1 Å². The molecular formula is C11H6Br2ClN3O2. The molecule has 5 nitrogen and oxygen atoms in total. The van der Waals surface area contributed by atoms with E-state index in [1.807, 2.05) is 0 Å². The van der Waals surface area contributed by atoms with Gasteiger partial charge in [-0.2, -0.15) is 5.10 Å². The monoisotopic (exact) mass is 405 g/mol. The molecule has 1 amide bonds. The van der Waals surface area contributed by atoms with E-state index >= 15 is 0 Å². The van der Waals surface area contributed by atoms with Crippen LogP contribution >= 0.6 is 43.5 Å². The SMILES string of the molecule is O=C(NN=Cc1cc(Br)c(Br)o1)c1cccnc1Cl. The Morgan fingerprint density at radius 3 is 2.95 bits per heavy atom. The molecule has 2 heterocycles. The molecule has 2 rings (SSSR count). The molecule has 1 N–H and O–H groups in total. The third-order valence-corrected chi connectivity index (χ3v) is 4.04. The minimum atomic E-state index is -0.445. The van der Waals surface area contributed by atoms with Gasteiger partial charge in [0.05, 0.1) is 16.3 Å². The van der Waals surface area contributed by atoms with Crippen LogP contribution < -0.4 is 5.43 Å². The minimum absolute atomic E-state index is 0.124. The molecule has 2 aromatic heterocycles. The molecule has 0 atom stereocenters. The van der Waals surface area contributed by atoms with Crippen molar-refractivity contribution in [2.45, 2.75) is 0 Å². The molecule has 2 aromatic rings. The number of amides is 1. The van der Waals surface area contributed by atoms with E-state index in [1.165, 1.54) is 12.4 Å². The molecule has 0 aliphatic rings. The third kappa shape index (κ3) is 3.65. The summed E-state index contributed by atoms with van der Waals surface area (Å²) in [6, 6.07) is 4.88. The molecule has 0 saturated carbocycles. The Hall–Kier alpha value is -1.18. The fraction of sp³-hybridized carbons (Fsp3) is 0. The van der Waals surface area contributed by atoms with Gasteiger partial charge < -0.3 is 4.42 Å². The largest absolute Gasteiger partial charge is 0.447 e. The van der Waals surface area contributed by atoms with Gasteiger partial charge in [0.1, 0.15) is 10.9 Å². The van der Waals surface area contributed by atoms with Gasteiger partial charge in [-0.25, -0.2) is 10.4 Å². The van der Waals surface area contributed by atoms with Crippen LogP contribution in [0.25, 0.3) is 0 Å². The predicted octanol–water partition coefficient (Wildman–Crippen LogP) is 3.62. The molecule has 0 aromatic carbocycles. The zero-order chi connectivity index (χ0) is 13.8. The number of rotatable bonds is 3. The van der Waals surface area contributed by atoms with Gasteiger partial charge in [-0.1, -0.05) is 11.6 Å². The summed E-state index contributed by atoms with van der Waals surface area (Å²) >= 11 is 12.2. The van der Waals surface area contributed by atoms with Gasteiger partial charge in [0.25, 0.3) is 5.91 Å². The van der Waals surface area contributed by atoms with Crippen LogP contribution in [0.4, 0.5) is 0 Å². The highest BCUT2D eigenvalue weighted by molar-refractivity contribution is 9.13. The third-order valence-electron chi connectivity index (χ3n) is 2.03. The second kappa shape index (κ2) is 6.31. The van der Waals surface area contributed by atoms with Crippen molar-refractivity contribution in [3.05, 3.63) is 50.0 Å². The highest BCUT2D eigenvalue weighted by atomic mass is 79.9. The van der Waals surface area contributed by atoms with Crippen LogP contribution in [0.5, 0.6) is 0 Å². The summed E-state index contributed by atoms with van der Waals surface area (Å²) in [5, 5.41) is 3.89. The van der Waals surface area contributed by atoms with E-state index in [-0.39, 0.29) is 10.7 Å². The van der Waals surface area contributed by atoms with E-state index in [4.69, 9.17) is 16.0 Å². The topological polar surface area (TPSA) is 67.5 Å². The second-order valence-corrected chi connectivity index (χ2v) is 5.24. The summed E-state index contributed by atoms with van der Waals surface area (Å²) in [5.74, 6) is 0.0374. The van der Waals surface area contributed by atoms with Crippen molar-refractivity contribution >= 4 is 55.6 Å². The van der Waals surface area contributed by atoms with Crippen molar-refractivity contribution in [3.8, 4) is 0 Å². The minimum Gasteiger partial charge on any atom is -0.447 e. The van der Waals surface area contributed by atoms with Crippen molar-refractivity contribution in [2.24, 2.45) is 5.10 Å². The number of carbonyl (C=O) groups is 1. The Morgan fingerprint density at radius 2 is 2.32 bits per heavy atom. The average molecular weight is 407 g/mol. The lowest BCUT2D eigenvalue weighted by Crippen LogP contribution is -2.18. The molecule has 8 heteroatoms. The molecular weight excluding hydrogens is 401 g/mol. The Labute approximate surface area is 130 Å². The Balaban J connectivity index is 2.03. The predicted molar refractivity (Wildman–Crippen MR) is 78.4 cm³/mol. The first kappa shape index (κ1) is 14.2. The van der Waals surface area contributed by atoms with E-state index in [0.717, 1.165) is 4.47 Å². The van der Waals surface area contributed by atoms with E-state index in [0.29, 0.717) is 10.4 Å². The molecule has 0 bridgehead atoms. The van der Waals surface area contributed by atoms with Crippen molar-refractivity contribution in [3.63, 3.8) is 0 Å². The van der Waals surface area contributed by atoms with E-state index in [9.17, 15) is 4.79 Å². The zero-order valence-corrected chi connectivity index (χ0v) is 13.2. The number of furan rings is 1. The number of halogens is 3. The molecule has 0 fully saturated rings. The molecule has 0 spiro atoms. The van der Waals surface area contributed by atoms with Gasteiger partial charge in [0.15, 0.2) is 4.67 Å².